The van der Waals surface area contributed by atoms with Gasteiger partial charge in [-0.05, 0) is 55.3 Å². The van der Waals surface area contributed by atoms with Crippen LogP contribution in [-0.4, -0.2) is 50.0 Å². The van der Waals surface area contributed by atoms with E-state index in [2.05, 4.69) is 26.0 Å². The third-order valence-corrected chi connectivity index (χ3v) is 6.10. The fourth-order valence-electron chi connectivity index (χ4n) is 3.29. The molecule has 8 nitrogen and oxygen atoms in total. The number of rotatable bonds is 11. The highest BCUT2D eigenvalue weighted by molar-refractivity contribution is 7.17. The quantitative estimate of drug-likeness (QED) is 0.244. The number of thiophene rings is 1. The molecule has 3 rings (SSSR count). The molecule has 1 amide bonds. The Morgan fingerprint density at radius 2 is 1.94 bits per heavy atom. The van der Waals surface area contributed by atoms with Gasteiger partial charge in [-0.15, -0.1) is 11.3 Å². The van der Waals surface area contributed by atoms with Crippen LogP contribution in [0.1, 0.15) is 23.0 Å². The van der Waals surface area contributed by atoms with E-state index >= 15 is 0 Å². The average Bonchev–Trinajstić information content (AvgIpc) is 3.32. The fourth-order valence-corrected chi connectivity index (χ4v) is 4.19. The van der Waals surface area contributed by atoms with Gasteiger partial charge in [0.15, 0.2) is 0 Å². The highest BCUT2D eigenvalue weighted by Gasteiger charge is 2.17. The van der Waals surface area contributed by atoms with Gasteiger partial charge in [-0.1, -0.05) is 0 Å². The van der Waals surface area contributed by atoms with Gasteiger partial charge in [0.2, 0.25) is 0 Å². The van der Waals surface area contributed by atoms with Crippen LogP contribution in [0.3, 0.4) is 0 Å². The molecule has 0 atom stereocenters. The van der Waals surface area contributed by atoms with Crippen LogP contribution in [0.15, 0.2) is 48.8 Å². The van der Waals surface area contributed by atoms with Crippen LogP contribution in [0, 0.1) is 0 Å². The maximum Gasteiger partial charge on any atom is 0.265 e. The third-order valence-electron chi connectivity index (χ3n) is 4.97. The predicted molar refractivity (Wildman–Crippen MR) is 131 cm³/mol. The van der Waals surface area contributed by atoms with Gasteiger partial charge < -0.3 is 20.3 Å². The van der Waals surface area contributed by atoms with Crippen LogP contribution in [0.4, 0.5) is 22.7 Å². The molecular formula is C23H29N5O3S. The number of anilines is 4. The predicted octanol–water partition coefficient (Wildman–Crippen LogP) is 4.77. The smallest absolute Gasteiger partial charge is 0.265 e. The summed E-state index contributed by atoms with van der Waals surface area (Å²) < 4.78 is 5.44. The topological polar surface area (TPSA) is 98.8 Å². The Bertz CT molecular complexity index is 1030. The van der Waals surface area contributed by atoms with Crippen molar-refractivity contribution in [3.8, 4) is 10.4 Å². The molecule has 0 radical (unpaired) electrons. The van der Waals surface area contributed by atoms with Gasteiger partial charge >= 0.3 is 0 Å². The summed E-state index contributed by atoms with van der Waals surface area (Å²) >= 11 is 1.42. The monoisotopic (exact) mass is 455 g/mol. The Hall–Kier alpha value is -3.14. The van der Waals surface area contributed by atoms with Gasteiger partial charge in [-0.3, -0.25) is 20.5 Å². The molecule has 4 N–H and O–H groups in total. The largest absolute Gasteiger partial charge is 0.386 e. The standard InChI is InChI=1S/C23H29N5O3S/c1-4-31-13-5-12-28(3)20-15-17(24-2)18(27-30)14-19(20)26-23(29)22-7-6-21(32-22)16-8-10-25-11-9-16/h6-11,14-15,24,27,30H,4-5,12-13H2,1-3H3,(H,26,29). The number of carbonyl (C=O) groups excluding carboxylic acids is 1. The molecule has 2 heterocycles. The number of nitrogens with zero attached hydrogens (tertiary/aromatic N) is 2. The van der Waals surface area contributed by atoms with Crippen LogP contribution in [0.2, 0.25) is 0 Å². The molecule has 0 unspecified atom stereocenters. The summed E-state index contributed by atoms with van der Waals surface area (Å²) in [5.74, 6) is -0.208. The SMILES string of the molecule is CCOCCCN(C)c1cc(NC)c(NO)cc1NC(=O)c1ccc(-c2ccncc2)s1. The van der Waals surface area contributed by atoms with E-state index in [0.717, 1.165) is 29.1 Å². The number of hydrogen-bond donors (Lipinski definition) is 4. The van der Waals surface area contributed by atoms with Gasteiger partial charge in [0.05, 0.1) is 27.6 Å². The minimum Gasteiger partial charge on any atom is -0.386 e. The zero-order valence-electron chi connectivity index (χ0n) is 18.5. The number of amides is 1. The molecule has 0 aliphatic carbocycles. The highest BCUT2D eigenvalue weighted by atomic mass is 32.1. The number of nitrogens with one attached hydrogen (secondary N) is 3. The third kappa shape index (κ3) is 5.76. The van der Waals surface area contributed by atoms with Gasteiger partial charge in [-0.25, -0.2) is 0 Å². The average molecular weight is 456 g/mol. The lowest BCUT2D eigenvalue weighted by atomic mass is 10.1. The van der Waals surface area contributed by atoms with Crippen molar-refractivity contribution in [1.29, 1.82) is 0 Å². The van der Waals surface area contributed by atoms with Gasteiger partial charge in [0.25, 0.3) is 5.91 Å². The van der Waals surface area contributed by atoms with Crippen LogP contribution in [0.25, 0.3) is 10.4 Å². The summed E-state index contributed by atoms with van der Waals surface area (Å²) in [6.45, 7) is 4.09. The Morgan fingerprint density at radius 3 is 2.62 bits per heavy atom. The molecule has 1 aromatic carbocycles. The van der Waals surface area contributed by atoms with Gasteiger partial charge in [-0.2, -0.15) is 0 Å². The molecular weight excluding hydrogens is 426 g/mol. The summed E-state index contributed by atoms with van der Waals surface area (Å²) in [7, 11) is 3.74. The van der Waals surface area contributed by atoms with E-state index in [0.29, 0.717) is 35.2 Å². The van der Waals surface area contributed by atoms with Crippen molar-refractivity contribution in [1.82, 2.24) is 4.98 Å². The first-order chi connectivity index (χ1) is 15.6. The van der Waals surface area contributed by atoms with Crippen molar-refractivity contribution in [2.45, 2.75) is 13.3 Å². The van der Waals surface area contributed by atoms with Gasteiger partial charge in [0.1, 0.15) is 0 Å². The second-order valence-electron chi connectivity index (χ2n) is 7.10. The van der Waals surface area contributed by atoms with E-state index in [1.807, 2.05) is 44.3 Å². The van der Waals surface area contributed by atoms with Crippen molar-refractivity contribution >= 4 is 40.0 Å². The van der Waals surface area contributed by atoms with Crippen LogP contribution in [-0.2, 0) is 4.74 Å². The zero-order chi connectivity index (χ0) is 22.9. The molecule has 0 bridgehead atoms. The molecule has 0 fully saturated rings. The highest BCUT2D eigenvalue weighted by Crippen LogP contribution is 2.36. The second kappa shape index (κ2) is 11.5. The lowest BCUT2D eigenvalue weighted by Crippen LogP contribution is -2.23. The second-order valence-corrected chi connectivity index (χ2v) is 8.19. The zero-order valence-corrected chi connectivity index (χ0v) is 19.3. The first kappa shape index (κ1) is 23.5. The molecule has 0 aliphatic heterocycles. The first-order valence-corrected chi connectivity index (χ1v) is 11.2. The molecule has 170 valence electrons. The first-order valence-electron chi connectivity index (χ1n) is 10.4. The van der Waals surface area contributed by atoms with E-state index in [9.17, 15) is 10.0 Å². The summed E-state index contributed by atoms with van der Waals surface area (Å²) in [5, 5.41) is 15.6. The van der Waals surface area contributed by atoms with Crippen molar-refractivity contribution < 1.29 is 14.7 Å². The molecule has 2 aromatic heterocycles. The number of pyridine rings is 1. The van der Waals surface area contributed by atoms with Crippen LogP contribution < -0.4 is 21.0 Å². The van der Waals surface area contributed by atoms with Crippen LogP contribution in [0.5, 0.6) is 0 Å². The molecule has 9 heteroatoms. The van der Waals surface area contributed by atoms with Crippen molar-refractivity contribution in [2.75, 3.05) is 54.9 Å². The molecule has 32 heavy (non-hydrogen) atoms. The summed E-state index contributed by atoms with van der Waals surface area (Å²) in [5.41, 5.74) is 5.84. The Morgan fingerprint density at radius 1 is 1.16 bits per heavy atom. The van der Waals surface area contributed by atoms with Crippen molar-refractivity contribution in [3.63, 3.8) is 0 Å². The van der Waals surface area contributed by atoms with Crippen LogP contribution >= 0.6 is 11.3 Å². The van der Waals surface area contributed by atoms with Gasteiger partial charge in [0, 0.05) is 51.1 Å². The summed E-state index contributed by atoms with van der Waals surface area (Å²) in [6.07, 6.45) is 4.32. The van der Waals surface area contributed by atoms with E-state index in [1.54, 1.807) is 25.5 Å². The molecule has 0 aliphatic rings. The fraction of sp³-hybridized carbons (Fsp3) is 0.304. The van der Waals surface area contributed by atoms with E-state index in [-0.39, 0.29) is 5.91 Å². The Labute approximate surface area is 192 Å². The van der Waals surface area contributed by atoms with Crippen molar-refractivity contribution in [2.24, 2.45) is 0 Å². The number of benzene rings is 1. The molecule has 0 spiro atoms. The minimum absolute atomic E-state index is 0.208. The Balaban J connectivity index is 1.83. The maximum absolute atomic E-state index is 13.0. The maximum atomic E-state index is 13.0. The number of ether oxygens (including phenoxy) is 1. The molecule has 3 aromatic rings. The summed E-state index contributed by atoms with van der Waals surface area (Å²) in [4.78, 5) is 20.7. The Kier molecular flexibility index (Phi) is 8.43. The van der Waals surface area contributed by atoms with E-state index in [1.165, 1.54) is 11.3 Å². The lowest BCUT2D eigenvalue weighted by Gasteiger charge is -2.24. The normalized spacial score (nSPS) is 10.6. The number of carbonyl (C=O) groups is 1. The lowest BCUT2D eigenvalue weighted by molar-refractivity contribution is 0.103. The number of hydrogen-bond acceptors (Lipinski definition) is 8. The van der Waals surface area contributed by atoms with E-state index in [4.69, 9.17) is 4.74 Å². The van der Waals surface area contributed by atoms with E-state index < -0.39 is 0 Å². The molecule has 0 saturated carbocycles. The number of aromatic nitrogens is 1. The summed E-state index contributed by atoms with van der Waals surface area (Å²) in [6, 6.07) is 11.2. The van der Waals surface area contributed by atoms with Crippen molar-refractivity contribution in [3.05, 3.63) is 53.7 Å². The minimum atomic E-state index is -0.208. The molecule has 0 saturated heterocycles.